The molecule has 0 fully saturated rings. The Morgan fingerprint density at radius 2 is 1.87 bits per heavy atom. The predicted molar refractivity (Wildman–Crippen MR) is 57.1 cm³/mol. The van der Waals surface area contributed by atoms with Gasteiger partial charge >= 0.3 is 5.97 Å². The highest BCUT2D eigenvalue weighted by atomic mass is 16.4. The Balaban J connectivity index is 3.18. The second kappa shape index (κ2) is 4.43. The molecule has 0 amide bonds. The number of benzene rings is 1. The van der Waals surface area contributed by atoms with Crippen LogP contribution in [0.5, 0.6) is 0 Å². The number of hydrogen-bond donors (Lipinski definition) is 1. The lowest BCUT2D eigenvalue weighted by Crippen LogP contribution is -1.97. The van der Waals surface area contributed by atoms with Crippen LogP contribution in [-0.4, -0.2) is 11.1 Å². The number of carbonyl (C=O) groups is 1. The quantitative estimate of drug-likeness (QED) is 0.590. The van der Waals surface area contributed by atoms with E-state index in [1.165, 1.54) is 6.08 Å². The van der Waals surface area contributed by atoms with E-state index < -0.39 is 5.97 Å². The molecule has 0 aliphatic heterocycles. The lowest BCUT2D eigenvalue weighted by Gasteiger charge is -2.00. The Labute approximate surface area is 88.3 Å². The maximum atomic E-state index is 10.6. The van der Waals surface area contributed by atoms with Crippen LogP contribution in [0.1, 0.15) is 16.7 Å². The van der Waals surface area contributed by atoms with E-state index in [2.05, 4.69) is 0 Å². The average molecular weight is 201 g/mol. The van der Waals surface area contributed by atoms with Crippen molar-refractivity contribution in [1.82, 2.24) is 0 Å². The van der Waals surface area contributed by atoms with Crippen LogP contribution in [0.25, 0.3) is 6.08 Å². The smallest absolute Gasteiger partial charge is 0.346 e. The van der Waals surface area contributed by atoms with Gasteiger partial charge in [0.15, 0.2) is 0 Å². The zero-order valence-corrected chi connectivity index (χ0v) is 8.61. The van der Waals surface area contributed by atoms with Gasteiger partial charge in [-0.3, -0.25) is 0 Å². The van der Waals surface area contributed by atoms with E-state index in [1.54, 1.807) is 6.07 Å². The number of carboxylic acid groups (broad SMARTS) is 1. The highest BCUT2D eigenvalue weighted by molar-refractivity contribution is 5.96. The van der Waals surface area contributed by atoms with Crippen LogP contribution in [0.15, 0.2) is 23.8 Å². The molecular weight excluding hydrogens is 190 g/mol. The standard InChI is InChI=1S/C12H11NO2/c1-8-3-9(2)5-10(4-8)6-11(7-13)12(14)15/h3-6H,1-2H3,(H,14,15)/b11-6-. The molecule has 3 nitrogen and oxygen atoms in total. The molecule has 1 aromatic carbocycles. The summed E-state index contributed by atoms with van der Waals surface area (Å²) in [6.45, 7) is 3.86. The van der Waals surface area contributed by atoms with Gasteiger partial charge in [-0.2, -0.15) is 5.26 Å². The van der Waals surface area contributed by atoms with Gasteiger partial charge < -0.3 is 5.11 Å². The first-order valence-electron chi connectivity index (χ1n) is 4.46. The minimum absolute atomic E-state index is 0.250. The Morgan fingerprint density at radius 3 is 2.27 bits per heavy atom. The average Bonchev–Trinajstić information content (AvgIpc) is 2.12. The van der Waals surface area contributed by atoms with E-state index in [1.807, 2.05) is 32.0 Å². The zero-order valence-electron chi connectivity index (χ0n) is 8.61. The van der Waals surface area contributed by atoms with Crippen molar-refractivity contribution in [3.8, 4) is 6.07 Å². The highest BCUT2D eigenvalue weighted by Gasteiger charge is 2.05. The first-order chi connectivity index (χ1) is 7.02. The molecule has 3 heteroatoms. The molecular formula is C12H11NO2. The molecule has 0 aliphatic carbocycles. The van der Waals surface area contributed by atoms with Crippen molar-refractivity contribution in [3.63, 3.8) is 0 Å². The summed E-state index contributed by atoms with van der Waals surface area (Å²) in [5, 5.41) is 17.3. The number of nitriles is 1. The molecule has 0 aromatic heterocycles. The van der Waals surface area contributed by atoms with Crippen molar-refractivity contribution in [1.29, 1.82) is 5.26 Å². The van der Waals surface area contributed by atoms with Crippen molar-refractivity contribution in [2.75, 3.05) is 0 Å². The first kappa shape index (κ1) is 11.0. The summed E-state index contributed by atoms with van der Waals surface area (Å²) in [4.78, 5) is 10.6. The van der Waals surface area contributed by atoms with Crippen LogP contribution in [-0.2, 0) is 4.79 Å². The van der Waals surface area contributed by atoms with E-state index in [0.29, 0.717) is 0 Å². The molecule has 0 unspecified atom stereocenters. The van der Waals surface area contributed by atoms with Gasteiger partial charge in [0.05, 0.1) is 0 Å². The van der Waals surface area contributed by atoms with Gasteiger partial charge in [-0.1, -0.05) is 29.3 Å². The van der Waals surface area contributed by atoms with Gasteiger partial charge in [-0.15, -0.1) is 0 Å². The minimum atomic E-state index is -1.20. The number of rotatable bonds is 2. The summed E-state index contributed by atoms with van der Waals surface area (Å²) < 4.78 is 0. The van der Waals surface area contributed by atoms with Crippen molar-refractivity contribution >= 4 is 12.0 Å². The Bertz CT molecular complexity index is 447. The van der Waals surface area contributed by atoms with E-state index in [0.717, 1.165) is 16.7 Å². The van der Waals surface area contributed by atoms with Crippen LogP contribution in [0.2, 0.25) is 0 Å². The fraction of sp³-hybridized carbons (Fsp3) is 0.167. The topological polar surface area (TPSA) is 61.1 Å². The molecule has 0 bridgehead atoms. The number of aliphatic carboxylic acids is 1. The van der Waals surface area contributed by atoms with Crippen LogP contribution in [0.3, 0.4) is 0 Å². The van der Waals surface area contributed by atoms with Gasteiger partial charge in [0.2, 0.25) is 0 Å². The van der Waals surface area contributed by atoms with Gasteiger partial charge in [0.25, 0.3) is 0 Å². The SMILES string of the molecule is Cc1cc(C)cc(/C=C(/C#N)C(=O)O)c1. The maximum Gasteiger partial charge on any atom is 0.346 e. The molecule has 76 valence electrons. The monoisotopic (exact) mass is 201 g/mol. The van der Waals surface area contributed by atoms with E-state index in [4.69, 9.17) is 10.4 Å². The molecule has 1 aromatic rings. The second-order valence-electron chi connectivity index (χ2n) is 3.40. The fourth-order valence-electron chi connectivity index (χ4n) is 1.40. The largest absolute Gasteiger partial charge is 0.477 e. The molecule has 1 rings (SSSR count). The molecule has 0 spiro atoms. The molecule has 0 radical (unpaired) electrons. The van der Waals surface area contributed by atoms with Crippen LogP contribution in [0, 0.1) is 25.2 Å². The van der Waals surface area contributed by atoms with Gasteiger partial charge in [0.1, 0.15) is 11.6 Å². The third kappa shape index (κ3) is 2.96. The van der Waals surface area contributed by atoms with Crippen LogP contribution < -0.4 is 0 Å². The van der Waals surface area contributed by atoms with E-state index in [-0.39, 0.29) is 5.57 Å². The number of hydrogen-bond acceptors (Lipinski definition) is 2. The summed E-state index contributed by atoms with van der Waals surface area (Å²) in [6.07, 6.45) is 1.38. The van der Waals surface area contributed by atoms with Crippen LogP contribution >= 0.6 is 0 Å². The zero-order chi connectivity index (χ0) is 11.4. The molecule has 1 N–H and O–H groups in total. The van der Waals surface area contributed by atoms with Crippen molar-refractivity contribution in [2.24, 2.45) is 0 Å². The Kier molecular flexibility index (Phi) is 3.25. The van der Waals surface area contributed by atoms with E-state index >= 15 is 0 Å². The lowest BCUT2D eigenvalue weighted by molar-refractivity contribution is -0.132. The van der Waals surface area contributed by atoms with Crippen molar-refractivity contribution in [2.45, 2.75) is 13.8 Å². The number of carboxylic acids is 1. The Hall–Kier alpha value is -2.08. The molecule has 0 saturated heterocycles. The molecule has 15 heavy (non-hydrogen) atoms. The summed E-state index contributed by atoms with van der Waals surface area (Å²) in [7, 11) is 0. The lowest BCUT2D eigenvalue weighted by atomic mass is 10.1. The molecule has 0 heterocycles. The molecule has 0 aliphatic rings. The van der Waals surface area contributed by atoms with Gasteiger partial charge in [-0.25, -0.2) is 4.79 Å². The second-order valence-corrected chi connectivity index (χ2v) is 3.40. The fourth-order valence-corrected chi connectivity index (χ4v) is 1.40. The molecule has 0 saturated carbocycles. The number of nitrogens with zero attached hydrogens (tertiary/aromatic N) is 1. The van der Waals surface area contributed by atoms with Gasteiger partial charge in [-0.05, 0) is 25.5 Å². The van der Waals surface area contributed by atoms with Crippen molar-refractivity contribution in [3.05, 3.63) is 40.5 Å². The summed E-state index contributed by atoms with van der Waals surface area (Å²) in [5.41, 5.74) is 2.58. The third-order valence-electron chi connectivity index (χ3n) is 1.91. The van der Waals surface area contributed by atoms with Crippen LogP contribution in [0.4, 0.5) is 0 Å². The summed E-state index contributed by atoms with van der Waals surface area (Å²) >= 11 is 0. The first-order valence-corrected chi connectivity index (χ1v) is 4.46. The number of aryl methyl sites for hydroxylation is 2. The van der Waals surface area contributed by atoms with Gasteiger partial charge in [0, 0.05) is 0 Å². The third-order valence-corrected chi connectivity index (χ3v) is 1.91. The minimum Gasteiger partial charge on any atom is -0.477 e. The van der Waals surface area contributed by atoms with E-state index in [9.17, 15) is 4.79 Å². The normalized spacial score (nSPS) is 10.9. The predicted octanol–water partition coefficient (Wildman–Crippen LogP) is 2.30. The van der Waals surface area contributed by atoms with Crippen molar-refractivity contribution < 1.29 is 9.90 Å². The highest BCUT2D eigenvalue weighted by Crippen LogP contribution is 2.12. The summed E-state index contributed by atoms with van der Waals surface area (Å²) in [6, 6.07) is 7.32. The summed E-state index contributed by atoms with van der Waals surface area (Å²) in [5.74, 6) is -1.20. The molecule has 0 atom stereocenters. The maximum absolute atomic E-state index is 10.6. The Morgan fingerprint density at radius 1 is 1.33 bits per heavy atom.